The van der Waals surface area contributed by atoms with Gasteiger partial charge in [-0.2, -0.15) is 17.9 Å². The van der Waals surface area contributed by atoms with E-state index in [1.165, 1.54) is 42.0 Å². The van der Waals surface area contributed by atoms with E-state index in [1.54, 1.807) is 48.5 Å². The van der Waals surface area contributed by atoms with Crippen molar-refractivity contribution < 1.29 is 31.1 Å². The first kappa shape index (κ1) is 29.3. The summed E-state index contributed by atoms with van der Waals surface area (Å²) in [6, 6.07) is 21.6. The quantitative estimate of drug-likeness (QED) is 0.183. The number of nitrogens with one attached hydrogen (secondary N) is 1. The zero-order valence-corrected chi connectivity index (χ0v) is 24.7. The van der Waals surface area contributed by atoms with Gasteiger partial charge in [-0.25, -0.2) is 8.42 Å². The largest absolute Gasteiger partial charge is 0.464 e. The molecular weight excluding hydrogens is 621 g/mol. The highest BCUT2D eigenvalue weighted by Crippen LogP contribution is 2.42. The average molecular weight is 643 g/mol. The van der Waals surface area contributed by atoms with Crippen molar-refractivity contribution in [3.63, 3.8) is 0 Å². The number of aliphatic hydroxyl groups is 1. The molecule has 6 aromatic rings. The van der Waals surface area contributed by atoms with Gasteiger partial charge in [-0.05, 0) is 72.0 Å². The molecule has 1 unspecified atom stereocenters. The smallest absolute Gasteiger partial charge is 0.421 e. The van der Waals surface area contributed by atoms with Crippen LogP contribution in [0.1, 0.15) is 29.0 Å². The van der Waals surface area contributed by atoms with Crippen molar-refractivity contribution in [2.75, 3.05) is 0 Å². The Hall–Kier alpha value is -3.74. The number of halogens is 4. The average Bonchev–Trinajstić information content (AvgIpc) is 3.62. The van der Waals surface area contributed by atoms with Crippen LogP contribution in [0.15, 0.2) is 107 Å². The zero-order valence-electron chi connectivity index (χ0n) is 22.3. The molecule has 2 atom stereocenters. The molecule has 0 aliphatic carbocycles. The lowest BCUT2D eigenvalue weighted by Gasteiger charge is -2.26. The van der Waals surface area contributed by atoms with Crippen LogP contribution >= 0.6 is 22.9 Å². The van der Waals surface area contributed by atoms with Gasteiger partial charge in [0.15, 0.2) is 5.60 Å². The van der Waals surface area contributed by atoms with E-state index in [9.17, 15) is 26.7 Å². The Morgan fingerprint density at radius 3 is 2.53 bits per heavy atom. The van der Waals surface area contributed by atoms with Crippen molar-refractivity contribution in [2.24, 2.45) is 0 Å². The molecule has 0 saturated carbocycles. The summed E-state index contributed by atoms with van der Waals surface area (Å²) in [5.41, 5.74) is -1.61. The molecule has 0 amide bonds. The minimum Gasteiger partial charge on any atom is -0.464 e. The van der Waals surface area contributed by atoms with Crippen molar-refractivity contribution in [3.05, 3.63) is 118 Å². The molecule has 43 heavy (non-hydrogen) atoms. The Bertz CT molecular complexity index is 2090. The first-order valence-electron chi connectivity index (χ1n) is 12.9. The van der Waals surface area contributed by atoms with E-state index in [1.807, 2.05) is 12.1 Å². The lowest BCUT2D eigenvalue weighted by atomic mass is 9.94. The SMILES string of the molecule is C[C@](O)(c1ccnc(-c2cccc3cc(C(NS(=O)(=O)c4ccc5occc5c4)c4ccccc4Cl)sc23)c1)C(F)(F)F. The van der Waals surface area contributed by atoms with Gasteiger partial charge in [0.05, 0.1) is 22.9 Å². The van der Waals surface area contributed by atoms with Crippen LogP contribution < -0.4 is 4.72 Å². The maximum Gasteiger partial charge on any atom is 0.421 e. The van der Waals surface area contributed by atoms with Gasteiger partial charge in [-0.15, -0.1) is 11.3 Å². The summed E-state index contributed by atoms with van der Waals surface area (Å²) < 4.78 is 76.9. The van der Waals surface area contributed by atoms with Gasteiger partial charge in [-0.3, -0.25) is 4.98 Å². The third-order valence-corrected chi connectivity index (χ3v) is 10.2. The number of aromatic nitrogens is 1. The Morgan fingerprint density at radius 2 is 1.77 bits per heavy atom. The summed E-state index contributed by atoms with van der Waals surface area (Å²) in [6.07, 6.45) is -2.20. The van der Waals surface area contributed by atoms with E-state index in [0.29, 0.717) is 43.6 Å². The second-order valence-corrected chi connectivity index (χ2v) is 13.3. The van der Waals surface area contributed by atoms with Gasteiger partial charge in [-0.1, -0.05) is 48.0 Å². The molecule has 6 rings (SSSR count). The van der Waals surface area contributed by atoms with Gasteiger partial charge in [0.25, 0.3) is 0 Å². The number of alkyl halides is 3. The van der Waals surface area contributed by atoms with Crippen LogP contribution in [0.3, 0.4) is 0 Å². The first-order chi connectivity index (χ1) is 20.3. The van der Waals surface area contributed by atoms with Crippen molar-refractivity contribution in [1.29, 1.82) is 0 Å². The van der Waals surface area contributed by atoms with E-state index < -0.39 is 27.8 Å². The zero-order chi connectivity index (χ0) is 30.6. The number of hydrogen-bond acceptors (Lipinski definition) is 6. The number of benzene rings is 3. The van der Waals surface area contributed by atoms with E-state index in [-0.39, 0.29) is 16.2 Å². The van der Waals surface area contributed by atoms with Crippen LogP contribution in [0.4, 0.5) is 13.2 Å². The van der Waals surface area contributed by atoms with Crippen LogP contribution in [0.5, 0.6) is 0 Å². The Morgan fingerprint density at radius 1 is 0.977 bits per heavy atom. The summed E-state index contributed by atoms with van der Waals surface area (Å²) >= 11 is 7.83. The molecule has 0 bridgehead atoms. The topological polar surface area (TPSA) is 92.4 Å². The summed E-state index contributed by atoms with van der Waals surface area (Å²) in [7, 11) is -4.07. The Kier molecular flexibility index (Phi) is 7.34. The molecular formula is C31H22ClF3N2O4S2. The summed E-state index contributed by atoms with van der Waals surface area (Å²) in [5.74, 6) is 0. The highest BCUT2D eigenvalue weighted by atomic mass is 35.5. The highest BCUT2D eigenvalue weighted by Gasteiger charge is 2.51. The highest BCUT2D eigenvalue weighted by molar-refractivity contribution is 7.89. The normalized spacial score (nSPS) is 14.7. The number of rotatable bonds is 7. The number of thiophene rings is 1. The van der Waals surface area contributed by atoms with Gasteiger partial charge in [0.1, 0.15) is 5.58 Å². The third kappa shape index (κ3) is 5.43. The molecule has 0 saturated heterocycles. The van der Waals surface area contributed by atoms with E-state index in [0.717, 1.165) is 11.5 Å². The van der Waals surface area contributed by atoms with Gasteiger partial charge >= 0.3 is 6.18 Å². The standard InChI is InChI=1S/C31H22ClF3N2O4S2/c1-30(38,31(33,34)35)20-11-13-36-25(17-20)23-7-4-5-19-16-27(42-29(19)23)28(22-6-2-3-8-24(22)32)37-43(39,40)21-9-10-26-18(15-21)12-14-41-26/h2-17,28,37-38H,1H3/t28?,30-/m0/s1. The second kappa shape index (κ2) is 10.8. The minimum absolute atomic E-state index is 0.0398. The third-order valence-electron chi connectivity index (χ3n) is 7.22. The number of pyridine rings is 1. The molecule has 0 aliphatic heterocycles. The molecule has 3 aromatic heterocycles. The van der Waals surface area contributed by atoms with Crippen molar-refractivity contribution >= 4 is 54.0 Å². The fraction of sp³-hybridized carbons (Fsp3) is 0.129. The lowest BCUT2D eigenvalue weighted by Crippen LogP contribution is -2.39. The maximum atomic E-state index is 13.7. The van der Waals surface area contributed by atoms with E-state index >= 15 is 0 Å². The Labute approximate surface area is 253 Å². The van der Waals surface area contributed by atoms with Gasteiger partial charge < -0.3 is 9.52 Å². The van der Waals surface area contributed by atoms with Crippen molar-refractivity contribution in [3.8, 4) is 11.3 Å². The van der Waals surface area contributed by atoms with Crippen molar-refractivity contribution in [1.82, 2.24) is 9.71 Å². The fourth-order valence-corrected chi connectivity index (χ4v) is 7.59. The molecule has 3 heterocycles. The number of hydrogen-bond donors (Lipinski definition) is 2. The van der Waals surface area contributed by atoms with E-state index in [4.69, 9.17) is 16.0 Å². The van der Waals surface area contributed by atoms with Crippen LogP contribution in [0, 0.1) is 0 Å². The number of sulfonamides is 1. The molecule has 6 nitrogen and oxygen atoms in total. The fourth-order valence-electron chi connectivity index (χ4n) is 4.79. The number of furan rings is 1. The number of fused-ring (bicyclic) bond motifs is 2. The second-order valence-electron chi connectivity index (χ2n) is 10.1. The Balaban J connectivity index is 1.46. The van der Waals surface area contributed by atoms with Crippen LogP contribution in [0.2, 0.25) is 5.02 Å². The summed E-state index contributed by atoms with van der Waals surface area (Å²) in [6.45, 7) is 0.695. The molecule has 0 spiro atoms. The number of nitrogens with zero attached hydrogens (tertiary/aromatic N) is 1. The van der Waals surface area contributed by atoms with Crippen LogP contribution in [-0.2, 0) is 15.6 Å². The monoisotopic (exact) mass is 642 g/mol. The van der Waals surface area contributed by atoms with Crippen molar-refractivity contribution in [2.45, 2.75) is 29.6 Å². The lowest BCUT2D eigenvalue weighted by molar-refractivity contribution is -0.258. The molecule has 220 valence electrons. The summed E-state index contributed by atoms with van der Waals surface area (Å²) in [5, 5.41) is 12.0. The first-order valence-corrected chi connectivity index (χ1v) is 15.6. The van der Waals surface area contributed by atoms with Crippen LogP contribution in [0.25, 0.3) is 32.3 Å². The predicted molar refractivity (Wildman–Crippen MR) is 161 cm³/mol. The molecule has 2 N–H and O–H groups in total. The predicted octanol–water partition coefficient (Wildman–Crippen LogP) is 8.20. The minimum atomic E-state index is -4.89. The molecule has 0 radical (unpaired) electrons. The molecule has 12 heteroatoms. The maximum absolute atomic E-state index is 13.7. The van der Waals surface area contributed by atoms with Gasteiger partial charge in [0.2, 0.25) is 10.0 Å². The van der Waals surface area contributed by atoms with Crippen LogP contribution in [-0.4, -0.2) is 24.7 Å². The molecule has 3 aromatic carbocycles. The summed E-state index contributed by atoms with van der Waals surface area (Å²) in [4.78, 5) is 4.93. The van der Waals surface area contributed by atoms with E-state index in [2.05, 4.69) is 9.71 Å². The molecule has 0 fully saturated rings. The molecule has 0 aliphatic rings. The van der Waals surface area contributed by atoms with Gasteiger partial charge in [0, 0.05) is 31.7 Å².